The third-order valence-electron chi connectivity index (χ3n) is 2.39. The Kier molecular flexibility index (Phi) is 4.00. The molecular weight excluding hydrogens is 236 g/mol. The lowest BCUT2D eigenvalue weighted by Gasteiger charge is -2.15. The highest BCUT2D eigenvalue weighted by atomic mass is 32.1. The Morgan fingerprint density at radius 3 is 2.94 bits per heavy atom. The number of hydrogen-bond donors (Lipinski definition) is 1. The zero-order valence-electron chi connectivity index (χ0n) is 9.75. The summed E-state index contributed by atoms with van der Waals surface area (Å²) in [5.41, 5.74) is 1.94. The lowest BCUT2D eigenvalue weighted by molar-refractivity contribution is 0.411. The van der Waals surface area contributed by atoms with Gasteiger partial charge in [0.05, 0.1) is 43.0 Å². The zero-order chi connectivity index (χ0) is 12.1. The van der Waals surface area contributed by atoms with Gasteiger partial charge in [-0.25, -0.2) is 0 Å². The van der Waals surface area contributed by atoms with Crippen molar-refractivity contribution in [3.63, 3.8) is 0 Å². The molecule has 0 fully saturated rings. The molecule has 2 rings (SSSR count). The summed E-state index contributed by atoms with van der Waals surface area (Å²) in [7, 11) is 1.63. The van der Waals surface area contributed by atoms with Crippen molar-refractivity contribution < 1.29 is 4.74 Å². The number of pyridine rings is 1. The number of rotatable bonds is 5. The monoisotopic (exact) mass is 250 g/mol. The van der Waals surface area contributed by atoms with Gasteiger partial charge in [0.15, 0.2) is 0 Å². The van der Waals surface area contributed by atoms with Gasteiger partial charge in [-0.3, -0.25) is 4.98 Å². The number of methoxy groups -OCH3 is 1. The van der Waals surface area contributed by atoms with Crippen molar-refractivity contribution >= 4 is 11.7 Å². The molecule has 17 heavy (non-hydrogen) atoms. The molecular formula is C11H14N4OS. The minimum atomic E-state index is 0.0151. The quantitative estimate of drug-likeness (QED) is 0.874. The Balaban J connectivity index is 2.32. The molecule has 0 saturated heterocycles. The maximum atomic E-state index is 5.18. The zero-order valence-corrected chi connectivity index (χ0v) is 10.6. The summed E-state index contributed by atoms with van der Waals surface area (Å²) in [4.78, 5) is 4.16. The largest absolute Gasteiger partial charge is 0.495 e. The minimum Gasteiger partial charge on any atom is -0.495 e. The third-order valence-corrected chi connectivity index (χ3v) is 2.88. The van der Waals surface area contributed by atoms with Gasteiger partial charge in [-0.05, 0) is 18.2 Å². The predicted octanol–water partition coefficient (Wildman–Crippen LogP) is 1.64. The van der Waals surface area contributed by atoms with Crippen LogP contribution in [-0.2, 0) is 0 Å². The highest BCUT2D eigenvalue weighted by molar-refractivity contribution is 6.99. The van der Waals surface area contributed by atoms with E-state index in [4.69, 9.17) is 4.74 Å². The molecule has 2 heterocycles. The SMILES string of the molecule is CCNC(c1cncc(OC)c1)c1cnsn1. The number of nitrogens with zero attached hydrogens (tertiary/aromatic N) is 3. The van der Waals surface area contributed by atoms with Crippen LogP contribution in [0.25, 0.3) is 0 Å². The van der Waals surface area contributed by atoms with Crippen molar-refractivity contribution in [2.45, 2.75) is 13.0 Å². The van der Waals surface area contributed by atoms with Gasteiger partial charge in [-0.1, -0.05) is 6.92 Å². The Bertz CT molecular complexity index is 460. The molecule has 2 aromatic rings. The molecule has 1 N–H and O–H groups in total. The predicted molar refractivity (Wildman–Crippen MR) is 66.2 cm³/mol. The molecule has 0 spiro atoms. The standard InChI is InChI=1S/C11H14N4OS/c1-3-13-11(10-7-14-17-15-10)8-4-9(16-2)6-12-5-8/h4-7,11,13H,3H2,1-2H3. The van der Waals surface area contributed by atoms with Gasteiger partial charge in [-0.2, -0.15) is 8.75 Å². The Morgan fingerprint density at radius 1 is 1.41 bits per heavy atom. The fraction of sp³-hybridized carbons (Fsp3) is 0.364. The molecule has 0 amide bonds. The van der Waals surface area contributed by atoms with Crippen LogP contribution in [0.5, 0.6) is 5.75 Å². The summed E-state index contributed by atoms with van der Waals surface area (Å²) in [6.07, 6.45) is 5.28. The first-order chi connectivity index (χ1) is 8.35. The normalized spacial score (nSPS) is 12.4. The van der Waals surface area contributed by atoms with Crippen LogP contribution < -0.4 is 10.1 Å². The van der Waals surface area contributed by atoms with Crippen molar-refractivity contribution in [2.75, 3.05) is 13.7 Å². The van der Waals surface area contributed by atoms with Gasteiger partial charge < -0.3 is 10.1 Å². The van der Waals surface area contributed by atoms with Crippen molar-refractivity contribution in [1.82, 2.24) is 19.0 Å². The molecule has 0 saturated carbocycles. The number of aromatic nitrogens is 3. The fourth-order valence-electron chi connectivity index (χ4n) is 1.60. The highest BCUT2D eigenvalue weighted by Crippen LogP contribution is 2.22. The van der Waals surface area contributed by atoms with Crippen molar-refractivity contribution in [3.05, 3.63) is 35.9 Å². The maximum absolute atomic E-state index is 5.18. The second-order valence-electron chi connectivity index (χ2n) is 3.48. The lowest BCUT2D eigenvalue weighted by atomic mass is 10.1. The van der Waals surface area contributed by atoms with Crippen LogP contribution in [0.4, 0.5) is 0 Å². The minimum absolute atomic E-state index is 0.0151. The van der Waals surface area contributed by atoms with Crippen LogP contribution in [0, 0.1) is 0 Å². The molecule has 6 heteroatoms. The lowest BCUT2D eigenvalue weighted by Crippen LogP contribution is -2.22. The van der Waals surface area contributed by atoms with E-state index in [1.54, 1.807) is 19.5 Å². The summed E-state index contributed by atoms with van der Waals surface area (Å²) in [6.45, 7) is 2.90. The maximum Gasteiger partial charge on any atom is 0.137 e. The van der Waals surface area contributed by atoms with Crippen LogP contribution in [0.1, 0.15) is 24.2 Å². The van der Waals surface area contributed by atoms with E-state index in [1.165, 1.54) is 11.7 Å². The van der Waals surface area contributed by atoms with Gasteiger partial charge in [0.2, 0.25) is 0 Å². The van der Waals surface area contributed by atoms with E-state index in [9.17, 15) is 0 Å². The molecule has 0 radical (unpaired) electrons. The van der Waals surface area contributed by atoms with Crippen molar-refractivity contribution in [3.8, 4) is 5.75 Å². The van der Waals surface area contributed by atoms with Gasteiger partial charge >= 0.3 is 0 Å². The molecule has 90 valence electrons. The molecule has 0 aliphatic carbocycles. The molecule has 2 aromatic heterocycles. The number of hydrogen-bond acceptors (Lipinski definition) is 6. The fourth-order valence-corrected chi connectivity index (χ4v) is 2.05. The summed E-state index contributed by atoms with van der Waals surface area (Å²) >= 11 is 1.21. The average molecular weight is 250 g/mol. The molecule has 5 nitrogen and oxygen atoms in total. The third kappa shape index (κ3) is 2.78. The summed E-state index contributed by atoms with van der Waals surface area (Å²) in [5.74, 6) is 0.744. The van der Waals surface area contributed by atoms with Crippen molar-refractivity contribution in [2.24, 2.45) is 0 Å². The Hall–Kier alpha value is -1.53. The first kappa shape index (κ1) is 11.9. The van der Waals surface area contributed by atoms with E-state index < -0.39 is 0 Å². The van der Waals surface area contributed by atoms with Gasteiger partial charge in [0.1, 0.15) is 5.75 Å². The molecule has 1 atom stereocenters. The van der Waals surface area contributed by atoms with Crippen LogP contribution in [0.2, 0.25) is 0 Å². The molecule has 0 aliphatic rings. The number of ether oxygens (including phenoxy) is 1. The smallest absolute Gasteiger partial charge is 0.137 e. The van der Waals surface area contributed by atoms with Crippen LogP contribution >= 0.6 is 11.7 Å². The van der Waals surface area contributed by atoms with E-state index in [1.807, 2.05) is 12.3 Å². The van der Waals surface area contributed by atoms with Crippen molar-refractivity contribution in [1.29, 1.82) is 0 Å². The summed E-state index contributed by atoms with van der Waals surface area (Å²) in [6, 6.07) is 1.97. The summed E-state index contributed by atoms with van der Waals surface area (Å²) < 4.78 is 13.5. The molecule has 0 aliphatic heterocycles. The Labute approximate surface area is 104 Å². The molecule has 1 unspecified atom stereocenters. The number of nitrogens with one attached hydrogen (secondary N) is 1. The van der Waals surface area contributed by atoms with Crippen LogP contribution in [-0.4, -0.2) is 27.4 Å². The van der Waals surface area contributed by atoms with E-state index >= 15 is 0 Å². The van der Waals surface area contributed by atoms with E-state index in [-0.39, 0.29) is 6.04 Å². The average Bonchev–Trinajstić information content (AvgIpc) is 2.89. The van der Waals surface area contributed by atoms with Crippen LogP contribution in [0.15, 0.2) is 24.7 Å². The first-order valence-corrected chi connectivity index (χ1v) is 6.08. The molecule has 0 aromatic carbocycles. The first-order valence-electron chi connectivity index (χ1n) is 5.35. The second kappa shape index (κ2) is 5.70. The van der Waals surface area contributed by atoms with Crippen LogP contribution in [0.3, 0.4) is 0 Å². The van der Waals surface area contributed by atoms with Gasteiger partial charge in [0, 0.05) is 6.20 Å². The van der Waals surface area contributed by atoms with E-state index in [2.05, 4.69) is 26.0 Å². The van der Waals surface area contributed by atoms with E-state index in [0.717, 1.165) is 23.6 Å². The Morgan fingerprint density at radius 2 is 2.29 bits per heavy atom. The highest BCUT2D eigenvalue weighted by Gasteiger charge is 2.16. The van der Waals surface area contributed by atoms with Gasteiger partial charge in [0.25, 0.3) is 0 Å². The topological polar surface area (TPSA) is 59.9 Å². The summed E-state index contributed by atoms with van der Waals surface area (Å²) in [5, 5.41) is 3.36. The molecule has 0 bridgehead atoms. The van der Waals surface area contributed by atoms with E-state index in [0.29, 0.717) is 0 Å². The van der Waals surface area contributed by atoms with Gasteiger partial charge in [-0.15, -0.1) is 0 Å². The second-order valence-corrected chi connectivity index (χ2v) is 4.04.